The molecule has 0 saturated heterocycles. The number of Topliss-reactive ketones (excluding diaryl/α,β-unsaturated/α-hetero) is 1. The van der Waals surface area contributed by atoms with Crippen molar-refractivity contribution in [1.82, 2.24) is 4.98 Å². The average Bonchev–Trinajstić information content (AvgIpc) is 2.37. The molecule has 18 heavy (non-hydrogen) atoms. The molecule has 1 aliphatic carbocycles. The zero-order chi connectivity index (χ0) is 12.8. The Bertz CT molecular complexity index is 409. The number of carbonyl (C=O) groups is 1. The Kier molecular flexibility index (Phi) is 4.52. The third-order valence-electron chi connectivity index (χ3n) is 2.92. The number of nitrogens with zero attached hydrogens (tertiary/aromatic N) is 1. The highest BCUT2D eigenvalue weighted by atomic mass is 16.5. The smallest absolute Gasteiger partial charge is 0.161 e. The first-order valence-electron chi connectivity index (χ1n) is 6.24. The molecular weight excluding hydrogens is 232 g/mol. The molecule has 0 spiro atoms. The number of carbonyl (C=O) groups excluding carboxylic acids is 1. The van der Waals surface area contributed by atoms with Crippen LogP contribution in [0.4, 0.5) is 5.82 Å². The average molecular weight is 250 g/mol. The Morgan fingerprint density at radius 1 is 1.39 bits per heavy atom. The van der Waals surface area contributed by atoms with Crippen LogP contribution in [0.2, 0.25) is 0 Å². The summed E-state index contributed by atoms with van der Waals surface area (Å²) in [5, 5.41) is 0. The van der Waals surface area contributed by atoms with E-state index in [1.54, 1.807) is 18.3 Å². The van der Waals surface area contributed by atoms with Crippen LogP contribution in [-0.4, -0.2) is 30.1 Å². The molecule has 1 aromatic rings. The van der Waals surface area contributed by atoms with Crippen molar-refractivity contribution in [3.63, 3.8) is 0 Å². The Labute approximate surface area is 106 Å². The van der Waals surface area contributed by atoms with Crippen molar-refractivity contribution in [3.8, 4) is 5.75 Å². The van der Waals surface area contributed by atoms with E-state index in [4.69, 9.17) is 15.2 Å². The normalized spacial score (nSPS) is 19.8. The molecule has 5 nitrogen and oxygen atoms in total. The second-order valence-corrected chi connectivity index (χ2v) is 4.34. The molecule has 2 rings (SSSR count). The fourth-order valence-electron chi connectivity index (χ4n) is 1.99. The number of ether oxygens (including phenoxy) is 2. The van der Waals surface area contributed by atoms with Crippen LogP contribution in [0.15, 0.2) is 18.3 Å². The van der Waals surface area contributed by atoms with Gasteiger partial charge in [-0.15, -0.1) is 0 Å². The van der Waals surface area contributed by atoms with Gasteiger partial charge in [-0.05, 0) is 25.3 Å². The fourth-order valence-corrected chi connectivity index (χ4v) is 1.99. The van der Waals surface area contributed by atoms with E-state index >= 15 is 0 Å². The minimum absolute atomic E-state index is 0.217. The lowest BCUT2D eigenvalue weighted by Gasteiger charge is -2.20. The molecular formula is C13H18N2O3. The summed E-state index contributed by atoms with van der Waals surface area (Å²) in [5.41, 5.74) is 5.53. The van der Waals surface area contributed by atoms with Gasteiger partial charge in [-0.2, -0.15) is 0 Å². The van der Waals surface area contributed by atoms with Gasteiger partial charge in [0.25, 0.3) is 0 Å². The number of hydrogen-bond donors (Lipinski definition) is 1. The summed E-state index contributed by atoms with van der Waals surface area (Å²) in [5.74, 6) is 1.31. The number of nitrogen functional groups attached to an aromatic ring is 1. The van der Waals surface area contributed by atoms with Crippen molar-refractivity contribution in [2.24, 2.45) is 0 Å². The van der Waals surface area contributed by atoms with Gasteiger partial charge >= 0.3 is 0 Å². The number of pyridine rings is 1. The van der Waals surface area contributed by atoms with E-state index in [0.29, 0.717) is 31.2 Å². The molecule has 98 valence electrons. The highest BCUT2D eigenvalue weighted by Gasteiger charge is 2.22. The maximum atomic E-state index is 11.5. The fraction of sp³-hybridized carbons (Fsp3) is 0.538. The summed E-state index contributed by atoms with van der Waals surface area (Å²) in [4.78, 5) is 15.4. The van der Waals surface area contributed by atoms with Crippen LogP contribution in [0.5, 0.6) is 5.75 Å². The summed E-state index contributed by atoms with van der Waals surface area (Å²) in [6.07, 6.45) is 4.90. The number of hydrogen-bond acceptors (Lipinski definition) is 5. The number of nitrogens with two attached hydrogens (primary N) is 1. The third-order valence-corrected chi connectivity index (χ3v) is 2.92. The predicted molar refractivity (Wildman–Crippen MR) is 67.4 cm³/mol. The van der Waals surface area contributed by atoms with E-state index in [1.807, 2.05) is 0 Å². The first-order valence-corrected chi connectivity index (χ1v) is 6.24. The van der Waals surface area contributed by atoms with Gasteiger partial charge in [-0.1, -0.05) is 0 Å². The molecule has 1 fully saturated rings. The number of rotatable bonds is 5. The molecule has 0 aliphatic heterocycles. The van der Waals surface area contributed by atoms with Crippen molar-refractivity contribution in [1.29, 1.82) is 0 Å². The summed E-state index contributed by atoms with van der Waals surface area (Å²) in [6, 6.07) is 3.40. The van der Waals surface area contributed by atoms with Gasteiger partial charge in [0.1, 0.15) is 24.3 Å². The molecule has 1 atom stereocenters. The minimum atomic E-state index is -0.232. The monoisotopic (exact) mass is 250 g/mol. The second-order valence-electron chi connectivity index (χ2n) is 4.34. The minimum Gasteiger partial charge on any atom is -0.491 e. The highest BCUT2D eigenvalue weighted by molar-refractivity contribution is 5.83. The zero-order valence-electron chi connectivity index (χ0n) is 10.3. The van der Waals surface area contributed by atoms with Crippen LogP contribution >= 0.6 is 0 Å². The predicted octanol–water partition coefficient (Wildman–Crippen LogP) is 1.57. The summed E-state index contributed by atoms with van der Waals surface area (Å²) in [7, 11) is 0. The molecule has 1 unspecified atom stereocenters. The van der Waals surface area contributed by atoms with E-state index in [-0.39, 0.29) is 11.9 Å². The van der Waals surface area contributed by atoms with Crippen LogP contribution in [0.3, 0.4) is 0 Å². The molecule has 1 heterocycles. The first-order chi connectivity index (χ1) is 8.75. The van der Waals surface area contributed by atoms with Gasteiger partial charge in [0.15, 0.2) is 5.78 Å². The largest absolute Gasteiger partial charge is 0.491 e. The molecule has 2 N–H and O–H groups in total. The van der Waals surface area contributed by atoms with Crippen molar-refractivity contribution in [3.05, 3.63) is 18.3 Å². The van der Waals surface area contributed by atoms with Gasteiger partial charge in [-0.25, -0.2) is 4.98 Å². The van der Waals surface area contributed by atoms with Crippen LogP contribution in [0.1, 0.15) is 25.7 Å². The first kappa shape index (κ1) is 12.8. The topological polar surface area (TPSA) is 74.4 Å². The number of ketones is 1. The second kappa shape index (κ2) is 6.35. The Morgan fingerprint density at radius 3 is 3.06 bits per heavy atom. The molecule has 1 saturated carbocycles. The van der Waals surface area contributed by atoms with Gasteiger partial charge in [0.2, 0.25) is 0 Å². The molecule has 5 heteroatoms. The van der Waals surface area contributed by atoms with Gasteiger partial charge in [0.05, 0.1) is 6.61 Å². The van der Waals surface area contributed by atoms with Crippen molar-refractivity contribution < 1.29 is 14.3 Å². The van der Waals surface area contributed by atoms with Crippen LogP contribution in [0, 0.1) is 0 Å². The molecule has 1 aliphatic rings. The molecule has 0 amide bonds. The number of anilines is 1. The third kappa shape index (κ3) is 3.70. The summed E-state index contributed by atoms with van der Waals surface area (Å²) in [6.45, 7) is 0.825. The summed E-state index contributed by atoms with van der Waals surface area (Å²) >= 11 is 0. The van der Waals surface area contributed by atoms with Crippen LogP contribution in [-0.2, 0) is 9.53 Å². The highest BCUT2D eigenvalue weighted by Crippen LogP contribution is 2.17. The van der Waals surface area contributed by atoms with Crippen LogP contribution in [0.25, 0.3) is 0 Å². The van der Waals surface area contributed by atoms with Gasteiger partial charge in [0, 0.05) is 18.7 Å². The van der Waals surface area contributed by atoms with Crippen LogP contribution < -0.4 is 10.5 Å². The molecule has 0 aromatic carbocycles. The van der Waals surface area contributed by atoms with Crippen molar-refractivity contribution in [2.45, 2.75) is 31.8 Å². The van der Waals surface area contributed by atoms with E-state index in [0.717, 1.165) is 19.3 Å². The van der Waals surface area contributed by atoms with Gasteiger partial charge in [-0.3, -0.25) is 4.79 Å². The van der Waals surface area contributed by atoms with Gasteiger partial charge < -0.3 is 15.2 Å². The zero-order valence-corrected chi connectivity index (χ0v) is 10.3. The lowest BCUT2D eigenvalue weighted by atomic mass is 9.96. The Morgan fingerprint density at radius 2 is 2.28 bits per heavy atom. The van der Waals surface area contributed by atoms with E-state index < -0.39 is 0 Å². The van der Waals surface area contributed by atoms with E-state index in [1.165, 1.54) is 0 Å². The SMILES string of the molecule is Nc1cc(OCCOC2CCCCC2=O)ccn1. The quantitative estimate of drug-likeness (QED) is 0.803. The number of aromatic nitrogens is 1. The van der Waals surface area contributed by atoms with E-state index in [9.17, 15) is 4.79 Å². The lowest BCUT2D eigenvalue weighted by Crippen LogP contribution is -2.29. The Balaban J connectivity index is 1.68. The Hall–Kier alpha value is -1.62. The maximum Gasteiger partial charge on any atom is 0.161 e. The van der Waals surface area contributed by atoms with Crippen molar-refractivity contribution >= 4 is 11.6 Å². The lowest BCUT2D eigenvalue weighted by molar-refractivity contribution is -0.133. The summed E-state index contributed by atoms with van der Waals surface area (Å²) < 4.78 is 11.0. The molecule has 1 aromatic heterocycles. The van der Waals surface area contributed by atoms with E-state index in [2.05, 4.69) is 4.98 Å². The van der Waals surface area contributed by atoms with Crippen molar-refractivity contribution in [2.75, 3.05) is 18.9 Å². The molecule has 0 radical (unpaired) electrons. The standard InChI is InChI=1S/C13H18N2O3/c14-13-9-10(5-6-15-13)17-7-8-18-12-4-2-1-3-11(12)16/h5-6,9,12H,1-4,7-8H2,(H2,14,15). The molecule has 0 bridgehead atoms. The maximum absolute atomic E-state index is 11.5.